The van der Waals surface area contributed by atoms with Crippen LogP contribution in [0, 0.1) is 0 Å². The zero-order chi connectivity index (χ0) is 12.7. The summed E-state index contributed by atoms with van der Waals surface area (Å²) >= 11 is 0. The van der Waals surface area contributed by atoms with Gasteiger partial charge in [0.1, 0.15) is 11.9 Å². The predicted octanol–water partition coefficient (Wildman–Crippen LogP) is 0.285. The van der Waals surface area contributed by atoms with Crippen LogP contribution in [0.5, 0.6) is 5.75 Å². The molecule has 1 unspecified atom stereocenters. The summed E-state index contributed by atoms with van der Waals surface area (Å²) in [6.07, 6.45) is -0.597. The second-order valence-corrected chi connectivity index (χ2v) is 3.53. The van der Waals surface area contributed by atoms with Crippen molar-refractivity contribution >= 4 is 5.91 Å². The van der Waals surface area contributed by atoms with E-state index in [0.717, 1.165) is 11.3 Å². The molecule has 5 nitrogen and oxygen atoms in total. The largest absolute Gasteiger partial charge is 0.497 e. The Morgan fingerprint density at radius 2 is 2.24 bits per heavy atom. The van der Waals surface area contributed by atoms with Gasteiger partial charge in [0.05, 0.1) is 7.11 Å². The minimum atomic E-state index is -0.597. The van der Waals surface area contributed by atoms with E-state index in [-0.39, 0.29) is 12.5 Å². The normalized spacial score (nSPS) is 11.9. The highest BCUT2D eigenvalue weighted by Gasteiger charge is 2.14. The van der Waals surface area contributed by atoms with Crippen LogP contribution in [0.2, 0.25) is 0 Å². The van der Waals surface area contributed by atoms with Crippen molar-refractivity contribution in [3.63, 3.8) is 0 Å². The fourth-order valence-corrected chi connectivity index (χ4v) is 1.40. The molecule has 1 rings (SSSR count). The molecule has 0 aromatic heterocycles. The Morgan fingerprint density at radius 3 is 2.82 bits per heavy atom. The van der Waals surface area contributed by atoms with Gasteiger partial charge in [-0.2, -0.15) is 0 Å². The summed E-state index contributed by atoms with van der Waals surface area (Å²) < 4.78 is 10.0. The number of amides is 1. The van der Waals surface area contributed by atoms with Crippen molar-refractivity contribution in [2.75, 3.05) is 20.8 Å². The molecule has 0 spiro atoms. The summed E-state index contributed by atoms with van der Waals surface area (Å²) in [7, 11) is 3.07. The first-order chi connectivity index (χ1) is 8.21. The molecular weight excluding hydrogens is 220 g/mol. The average molecular weight is 238 g/mol. The van der Waals surface area contributed by atoms with Gasteiger partial charge in [-0.25, -0.2) is 0 Å². The van der Waals surface area contributed by atoms with Crippen LogP contribution in [0.25, 0.3) is 0 Å². The van der Waals surface area contributed by atoms with Gasteiger partial charge in [0.15, 0.2) is 0 Å². The van der Waals surface area contributed by atoms with Gasteiger partial charge in [-0.15, -0.1) is 0 Å². The van der Waals surface area contributed by atoms with Crippen molar-refractivity contribution in [1.82, 2.24) is 5.32 Å². The highest BCUT2D eigenvalue weighted by molar-refractivity contribution is 5.80. The molecule has 0 aliphatic rings. The fourth-order valence-electron chi connectivity index (χ4n) is 1.40. The molecule has 1 amide bonds. The third kappa shape index (κ3) is 4.05. The molecule has 0 bridgehead atoms. The number of benzene rings is 1. The van der Waals surface area contributed by atoms with Gasteiger partial charge in [0.25, 0.3) is 5.91 Å². The van der Waals surface area contributed by atoms with Crippen LogP contribution in [0.3, 0.4) is 0 Å². The second kappa shape index (κ2) is 6.88. The van der Waals surface area contributed by atoms with Gasteiger partial charge < -0.3 is 20.5 Å². The van der Waals surface area contributed by atoms with Gasteiger partial charge >= 0.3 is 0 Å². The number of carbonyl (C=O) groups is 1. The highest BCUT2D eigenvalue weighted by atomic mass is 16.5. The Morgan fingerprint density at radius 1 is 1.47 bits per heavy atom. The minimum Gasteiger partial charge on any atom is -0.497 e. The second-order valence-electron chi connectivity index (χ2n) is 3.53. The van der Waals surface area contributed by atoms with E-state index in [4.69, 9.17) is 15.2 Å². The zero-order valence-corrected chi connectivity index (χ0v) is 10.1. The summed E-state index contributed by atoms with van der Waals surface area (Å²) in [5, 5.41) is 2.75. The molecule has 17 heavy (non-hydrogen) atoms. The van der Waals surface area contributed by atoms with Crippen LogP contribution >= 0.6 is 0 Å². The molecule has 94 valence electrons. The third-order valence-corrected chi connectivity index (χ3v) is 2.39. The molecule has 5 heteroatoms. The smallest absolute Gasteiger partial charge is 0.250 e. The fraction of sp³-hybridized carbons (Fsp3) is 0.417. The Hall–Kier alpha value is -1.59. The van der Waals surface area contributed by atoms with Gasteiger partial charge in [-0.3, -0.25) is 4.79 Å². The molecule has 0 radical (unpaired) electrons. The number of hydrogen-bond acceptors (Lipinski definition) is 4. The van der Waals surface area contributed by atoms with Crippen LogP contribution in [0.15, 0.2) is 24.3 Å². The molecule has 0 aliphatic carbocycles. The molecule has 0 saturated carbocycles. The Bertz CT molecular complexity index is 365. The lowest BCUT2D eigenvalue weighted by atomic mass is 10.2. The van der Waals surface area contributed by atoms with Gasteiger partial charge in [-0.05, 0) is 17.7 Å². The van der Waals surface area contributed by atoms with Crippen LogP contribution in [0.4, 0.5) is 0 Å². The van der Waals surface area contributed by atoms with Crippen molar-refractivity contribution in [2.24, 2.45) is 5.73 Å². The Balaban J connectivity index is 2.52. The molecule has 0 aliphatic heterocycles. The van der Waals surface area contributed by atoms with Gasteiger partial charge in [0, 0.05) is 20.2 Å². The van der Waals surface area contributed by atoms with Crippen molar-refractivity contribution in [3.8, 4) is 5.75 Å². The summed E-state index contributed by atoms with van der Waals surface area (Å²) in [5.41, 5.74) is 6.36. The lowest BCUT2D eigenvalue weighted by Gasteiger charge is -2.13. The number of rotatable bonds is 6. The van der Waals surface area contributed by atoms with E-state index in [9.17, 15) is 4.79 Å². The molecule has 1 atom stereocenters. The van der Waals surface area contributed by atoms with E-state index < -0.39 is 6.10 Å². The first-order valence-electron chi connectivity index (χ1n) is 5.34. The molecule has 0 heterocycles. The Kier molecular flexibility index (Phi) is 5.45. The molecular formula is C12H18N2O3. The van der Waals surface area contributed by atoms with Crippen molar-refractivity contribution in [3.05, 3.63) is 29.8 Å². The van der Waals surface area contributed by atoms with E-state index in [2.05, 4.69) is 5.32 Å². The van der Waals surface area contributed by atoms with Gasteiger partial charge in [-0.1, -0.05) is 12.1 Å². The minimum absolute atomic E-state index is 0.167. The zero-order valence-electron chi connectivity index (χ0n) is 10.1. The summed E-state index contributed by atoms with van der Waals surface area (Å²) in [6, 6.07) is 7.50. The maximum atomic E-state index is 11.6. The van der Waals surface area contributed by atoms with Crippen LogP contribution in [0.1, 0.15) is 5.56 Å². The number of hydrogen-bond donors (Lipinski definition) is 2. The van der Waals surface area contributed by atoms with Crippen LogP contribution in [-0.4, -0.2) is 32.8 Å². The third-order valence-electron chi connectivity index (χ3n) is 2.39. The quantitative estimate of drug-likeness (QED) is 0.747. The first kappa shape index (κ1) is 13.5. The lowest BCUT2D eigenvalue weighted by Crippen LogP contribution is -2.40. The number of nitrogens with two attached hydrogens (primary N) is 1. The summed E-state index contributed by atoms with van der Waals surface area (Å²) in [6.45, 7) is 0.594. The van der Waals surface area contributed by atoms with E-state index in [1.165, 1.54) is 7.11 Å². The van der Waals surface area contributed by atoms with E-state index in [1.807, 2.05) is 24.3 Å². The van der Waals surface area contributed by atoms with E-state index >= 15 is 0 Å². The first-order valence-corrected chi connectivity index (χ1v) is 5.34. The maximum Gasteiger partial charge on any atom is 0.250 e. The molecule has 3 N–H and O–H groups in total. The van der Waals surface area contributed by atoms with Crippen molar-refractivity contribution in [2.45, 2.75) is 12.6 Å². The molecule has 1 aromatic carbocycles. The SMILES string of the molecule is COc1cccc(CNC(=O)C(CN)OC)c1. The van der Waals surface area contributed by atoms with E-state index in [0.29, 0.717) is 6.54 Å². The number of nitrogens with one attached hydrogen (secondary N) is 1. The standard InChI is InChI=1S/C12H18N2O3/c1-16-10-5-3-4-9(6-10)8-14-12(15)11(7-13)17-2/h3-6,11H,7-8,13H2,1-2H3,(H,14,15). The topological polar surface area (TPSA) is 73.6 Å². The molecule has 1 aromatic rings. The van der Waals surface area contributed by atoms with Crippen molar-refractivity contribution in [1.29, 1.82) is 0 Å². The predicted molar refractivity (Wildman–Crippen MR) is 64.7 cm³/mol. The van der Waals surface area contributed by atoms with Crippen LogP contribution < -0.4 is 15.8 Å². The summed E-state index contributed by atoms with van der Waals surface area (Å²) in [5.74, 6) is 0.552. The highest BCUT2D eigenvalue weighted by Crippen LogP contribution is 2.12. The number of carbonyl (C=O) groups excluding carboxylic acids is 1. The summed E-state index contributed by atoms with van der Waals surface area (Å²) in [4.78, 5) is 11.6. The number of methoxy groups -OCH3 is 2. The molecule has 0 fully saturated rings. The van der Waals surface area contributed by atoms with E-state index in [1.54, 1.807) is 7.11 Å². The monoisotopic (exact) mass is 238 g/mol. The maximum absolute atomic E-state index is 11.6. The molecule has 0 saturated heterocycles. The average Bonchev–Trinajstić information content (AvgIpc) is 2.38. The number of ether oxygens (including phenoxy) is 2. The lowest BCUT2D eigenvalue weighted by molar-refractivity contribution is -0.130. The Labute approximate surface area is 101 Å². The van der Waals surface area contributed by atoms with Gasteiger partial charge in [0.2, 0.25) is 0 Å². The van der Waals surface area contributed by atoms with Crippen LogP contribution in [-0.2, 0) is 16.1 Å². The van der Waals surface area contributed by atoms with Crippen molar-refractivity contribution < 1.29 is 14.3 Å².